The number of hydrogen-bond donors (Lipinski definition) is 0. The summed E-state index contributed by atoms with van der Waals surface area (Å²) in [5.41, 5.74) is 0. The van der Waals surface area contributed by atoms with E-state index in [0.717, 1.165) is 180 Å². The lowest BCUT2D eigenvalue weighted by Gasteiger charge is -2.40. The molecule has 0 aromatic rings. The zero-order chi connectivity index (χ0) is 51.9. The first-order valence-corrected chi connectivity index (χ1v) is 28.3. The van der Waals surface area contributed by atoms with Crippen LogP contribution in [-0.4, -0.2) is 77.4 Å². The van der Waals surface area contributed by atoms with Crippen LogP contribution in [0.2, 0.25) is 0 Å². The predicted molar refractivity (Wildman–Crippen MR) is 265 cm³/mol. The minimum Gasteiger partial charge on any atom is -0.337 e. The molecule has 0 saturated heterocycles. The fraction of sp³-hybridized carbons (Fsp3) is 0.964. The third-order valence-electron chi connectivity index (χ3n) is 13.8. The number of nitrogens with zero attached hydrogens (tertiary/aromatic N) is 2. The minimum absolute atomic E-state index is 0.0635. The third kappa shape index (κ3) is 26.2. The molecule has 69 heavy (non-hydrogen) atoms. The van der Waals surface area contributed by atoms with Crippen molar-refractivity contribution in [3.63, 3.8) is 0 Å². The molecule has 2 amide bonds. The second-order valence-corrected chi connectivity index (χ2v) is 20.2. The third-order valence-corrected chi connectivity index (χ3v) is 13.8. The quantitative estimate of drug-likeness (QED) is 0.0450. The van der Waals surface area contributed by atoms with Gasteiger partial charge in [-0.1, -0.05) is 259 Å². The van der Waals surface area contributed by atoms with E-state index in [-0.39, 0.29) is 25.7 Å². The molecule has 0 bridgehead atoms. The van der Waals surface area contributed by atoms with Crippen LogP contribution in [0.4, 0.5) is 43.9 Å². The van der Waals surface area contributed by atoms with Gasteiger partial charge in [0.05, 0.1) is 0 Å². The fourth-order valence-corrected chi connectivity index (χ4v) is 9.05. The van der Waals surface area contributed by atoms with E-state index >= 15 is 43.9 Å². The summed E-state index contributed by atoms with van der Waals surface area (Å²) >= 11 is 0. The molecule has 0 aliphatic heterocycles. The van der Waals surface area contributed by atoms with E-state index in [4.69, 9.17) is 0 Å². The summed E-state index contributed by atoms with van der Waals surface area (Å²) in [5.74, 6) is -40.8. The molecule has 412 valence electrons. The van der Waals surface area contributed by atoms with Gasteiger partial charge in [-0.05, 0) is 25.7 Å². The van der Waals surface area contributed by atoms with E-state index in [1.165, 1.54) is 0 Å². The van der Waals surface area contributed by atoms with Gasteiger partial charge in [-0.2, -0.15) is 43.9 Å². The smallest absolute Gasteiger partial charge is 0.337 e. The van der Waals surface area contributed by atoms with Gasteiger partial charge in [0, 0.05) is 26.2 Å². The lowest BCUT2D eigenvalue weighted by molar-refractivity contribution is -0.389. The first-order valence-electron chi connectivity index (χ1n) is 28.3. The number of alkyl halides is 10. The molecule has 0 fully saturated rings. The van der Waals surface area contributed by atoms with Crippen molar-refractivity contribution in [1.29, 1.82) is 0 Å². The number of halogens is 10. The van der Waals surface area contributed by atoms with Gasteiger partial charge < -0.3 is 9.80 Å². The Labute approximate surface area is 414 Å². The maximum absolute atomic E-state index is 15.7. The van der Waals surface area contributed by atoms with Crippen LogP contribution >= 0.6 is 0 Å². The number of unbranched alkanes of at least 4 members (excludes halogenated alkanes) is 36. The summed E-state index contributed by atoms with van der Waals surface area (Å²) in [7, 11) is 0. The van der Waals surface area contributed by atoms with Crippen molar-refractivity contribution in [2.75, 3.05) is 26.2 Å². The Morgan fingerprint density at radius 3 is 0.551 bits per heavy atom. The van der Waals surface area contributed by atoms with Gasteiger partial charge >= 0.3 is 29.6 Å². The van der Waals surface area contributed by atoms with Crippen molar-refractivity contribution in [3.05, 3.63) is 0 Å². The molecule has 0 aromatic heterocycles. The van der Waals surface area contributed by atoms with Gasteiger partial charge in [-0.25, -0.2) is 0 Å². The zero-order valence-corrected chi connectivity index (χ0v) is 44.1. The largest absolute Gasteiger partial charge is 0.392 e. The van der Waals surface area contributed by atoms with Gasteiger partial charge in [0.2, 0.25) is 0 Å². The van der Waals surface area contributed by atoms with Crippen LogP contribution in [0, 0.1) is 0 Å². The van der Waals surface area contributed by atoms with Crippen molar-refractivity contribution in [3.8, 4) is 0 Å². The predicted octanol–water partition coefficient (Wildman–Crippen LogP) is 19.5. The SMILES string of the molecule is CCCCCCCCCCCCN(CCCCCCCCCCCC)C(=O)C(F)(F)C(F)(F)C(F)(F)C(F)(F)C(F)(F)C(=O)N(CCCCCCCCCCCC)CCCCCCCCCCCC. The lowest BCUT2D eigenvalue weighted by Crippen LogP contribution is -2.72. The summed E-state index contributed by atoms with van der Waals surface area (Å²) in [6, 6.07) is 0. The van der Waals surface area contributed by atoms with Crippen molar-refractivity contribution in [2.24, 2.45) is 0 Å². The molecule has 0 aromatic carbocycles. The molecule has 14 heteroatoms. The molecule has 0 spiro atoms. The van der Waals surface area contributed by atoms with Crippen molar-refractivity contribution in [1.82, 2.24) is 9.80 Å². The lowest BCUT2D eigenvalue weighted by atomic mass is 9.92. The molecule has 0 atom stereocenters. The first-order chi connectivity index (χ1) is 32.9. The molecule has 0 aliphatic rings. The number of rotatable bonds is 50. The van der Waals surface area contributed by atoms with Crippen LogP contribution in [0.3, 0.4) is 0 Å². The second-order valence-electron chi connectivity index (χ2n) is 20.2. The van der Waals surface area contributed by atoms with E-state index in [0.29, 0.717) is 61.2 Å². The van der Waals surface area contributed by atoms with Crippen LogP contribution in [0.25, 0.3) is 0 Å². The fourth-order valence-electron chi connectivity index (χ4n) is 9.05. The molecule has 0 radical (unpaired) electrons. The monoisotopic (exact) mass is 1010 g/mol. The molecule has 0 heterocycles. The Balaban J connectivity index is 6.09. The second kappa shape index (κ2) is 39.7. The standard InChI is InChI=1S/C55H100F10N2O2/c1-5-9-13-17-21-25-29-33-37-41-45-66(46-42-38-34-30-26-22-18-14-10-6-2)49(68)51(56,57)53(60,61)55(64,65)54(62,63)52(58,59)50(69)67(47-43-39-35-31-27-23-19-15-11-7-3)48-44-40-36-32-28-24-20-16-12-8-4/h5-48H2,1-4H3. The van der Waals surface area contributed by atoms with Gasteiger partial charge in [-0.15, -0.1) is 0 Å². The van der Waals surface area contributed by atoms with E-state index in [1.54, 1.807) is 0 Å². The maximum atomic E-state index is 15.7. The van der Waals surface area contributed by atoms with Crippen LogP contribution in [0.15, 0.2) is 0 Å². The van der Waals surface area contributed by atoms with Gasteiger partial charge in [-0.3, -0.25) is 9.59 Å². The van der Waals surface area contributed by atoms with E-state index in [9.17, 15) is 9.59 Å². The molecule has 0 N–H and O–H groups in total. The van der Waals surface area contributed by atoms with Gasteiger partial charge in [0.15, 0.2) is 0 Å². The normalized spacial score (nSPS) is 12.8. The molecule has 0 saturated carbocycles. The molecule has 0 unspecified atom stereocenters. The number of carbonyl (C=O) groups excluding carboxylic acids is 2. The highest BCUT2D eigenvalue weighted by Crippen LogP contribution is 2.57. The van der Waals surface area contributed by atoms with Crippen LogP contribution in [-0.2, 0) is 9.59 Å². The number of hydrogen-bond acceptors (Lipinski definition) is 2. The van der Waals surface area contributed by atoms with Crippen LogP contribution < -0.4 is 0 Å². The first kappa shape index (κ1) is 67.2. The summed E-state index contributed by atoms with van der Waals surface area (Å²) in [5, 5.41) is 0. The maximum Gasteiger partial charge on any atom is 0.392 e. The molecule has 0 aliphatic carbocycles. The van der Waals surface area contributed by atoms with E-state index in [1.807, 2.05) is 0 Å². The minimum atomic E-state index is -7.52. The highest BCUT2D eigenvalue weighted by molar-refractivity contribution is 5.86. The average molecular weight is 1010 g/mol. The van der Waals surface area contributed by atoms with Gasteiger partial charge in [0.25, 0.3) is 11.8 Å². The topological polar surface area (TPSA) is 40.6 Å². The highest BCUT2D eigenvalue weighted by Gasteiger charge is 2.89. The van der Waals surface area contributed by atoms with E-state index in [2.05, 4.69) is 27.7 Å². The number of amides is 2. The van der Waals surface area contributed by atoms with E-state index < -0.39 is 67.6 Å². The summed E-state index contributed by atoms with van der Waals surface area (Å²) in [6.07, 6.45) is 33.0. The van der Waals surface area contributed by atoms with Crippen LogP contribution in [0.5, 0.6) is 0 Å². The Morgan fingerprint density at radius 2 is 0.391 bits per heavy atom. The van der Waals surface area contributed by atoms with Crippen molar-refractivity contribution < 1.29 is 53.5 Å². The molecular weight excluding hydrogens is 911 g/mol. The Bertz CT molecular complexity index is 1100. The molecular formula is C55H100F10N2O2. The van der Waals surface area contributed by atoms with Crippen molar-refractivity contribution >= 4 is 11.8 Å². The number of carbonyl (C=O) groups is 2. The Morgan fingerprint density at radius 1 is 0.246 bits per heavy atom. The summed E-state index contributed by atoms with van der Waals surface area (Å²) < 4.78 is 156. The summed E-state index contributed by atoms with van der Waals surface area (Å²) in [4.78, 5) is 27.1. The van der Waals surface area contributed by atoms with Crippen molar-refractivity contribution in [2.45, 2.75) is 314 Å². The average Bonchev–Trinajstić information content (AvgIpc) is 3.31. The summed E-state index contributed by atoms with van der Waals surface area (Å²) in [6.45, 7) is 6.33. The Hall–Kier alpha value is -1.76. The van der Waals surface area contributed by atoms with Crippen LogP contribution in [0.1, 0.15) is 285 Å². The van der Waals surface area contributed by atoms with Gasteiger partial charge in [0.1, 0.15) is 0 Å². The zero-order valence-electron chi connectivity index (χ0n) is 44.1. The highest BCUT2D eigenvalue weighted by atomic mass is 19.4. The molecule has 4 nitrogen and oxygen atoms in total. The Kier molecular flexibility index (Phi) is 38.7. The molecule has 0 rings (SSSR count).